The van der Waals surface area contributed by atoms with Crippen molar-refractivity contribution < 1.29 is 4.74 Å². The molecule has 0 amide bonds. The van der Waals surface area contributed by atoms with Crippen LogP contribution in [0.4, 0.5) is 5.69 Å². The number of hydrogen-bond donors (Lipinski definition) is 1. The van der Waals surface area contributed by atoms with Crippen LogP contribution in [0.3, 0.4) is 0 Å². The fourth-order valence-corrected chi connectivity index (χ4v) is 2.67. The van der Waals surface area contributed by atoms with Crippen molar-refractivity contribution in [2.45, 2.75) is 31.1 Å². The monoisotopic (exact) mass is 301 g/mol. The van der Waals surface area contributed by atoms with E-state index in [0.29, 0.717) is 6.61 Å². The largest absolute Gasteiger partial charge is 0.493 e. The zero-order valence-corrected chi connectivity index (χ0v) is 13.7. The summed E-state index contributed by atoms with van der Waals surface area (Å²) in [5.41, 5.74) is 7.98. The first-order chi connectivity index (χ1) is 9.95. The molecule has 2 rings (SSSR count). The molecule has 0 spiro atoms. The Kier molecular flexibility index (Phi) is 5.18. The summed E-state index contributed by atoms with van der Waals surface area (Å²) in [5.74, 6) is 1.80. The van der Waals surface area contributed by atoms with Gasteiger partial charge in [0.1, 0.15) is 5.75 Å². The molecule has 0 unspecified atom stereocenters. The number of benzene rings is 2. The number of thioether (sulfide) groups is 1. The maximum absolute atomic E-state index is 5.68. The summed E-state index contributed by atoms with van der Waals surface area (Å²) in [6, 6.07) is 16.3. The molecule has 0 fully saturated rings. The van der Waals surface area contributed by atoms with Crippen molar-refractivity contribution in [1.82, 2.24) is 0 Å². The number of anilines is 1. The summed E-state index contributed by atoms with van der Waals surface area (Å²) < 4.78 is 5.68. The van der Waals surface area contributed by atoms with E-state index in [1.807, 2.05) is 36.0 Å². The minimum Gasteiger partial charge on any atom is -0.493 e. The van der Waals surface area contributed by atoms with Crippen molar-refractivity contribution in [2.75, 3.05) is 18.1 Å². The van der Waals surface area contributed by atoms with Gasteiger partial charge in [-0.15, -0.1) is 11.8 Å². The lowest BCUT2D eigenvalue weighted by molar-refractivity contribution is 0.344. The lowest BCUT2D eigenvalue weighted by Gasteiger charge is -2.19. The summed E-state index contributed by atoms with van der Waals surface area (Å²) in [5, 5.41) is 0. The predicted octanol–water partition coefficient (Wildman–Crippen LogP) is 4.74. The van der Waals surface area contributed by atoms with E-state index in [1.165, 1.54) is 10.5 Å². The minimum atomic E-state index is 0.210. The van der Waals surface area contributed by atoms with E-state index in [4.69, 9.17) is 10.5 Å². The van der Waals surface area contributed by atoms with E-state index in [2.05, 4.69) is 45.0 Å². The highest BCUT2D eigenvalue weighted by molar-refractivity contribution is 7.99. The lowest BCUT2D eigenvalue weighted by Crippen LogP contribution is -2.10. The van der Waals surface area contributed by atoms with Gasteiger partial charge in [-0.2, -0.15) is 0 Å². The smallest absolute Gasteiger partial charge is 0.119 e. The van der Waals surface area contributed by atoms with E-state index < -0.39 is 0 Å². The van der Waals surface area contributed by atoms with Crippen molar-refractivity contribution >= 4 is 17.4 Å². The average Bonchev–Trinajstić information content (AvgIpc) is 2.45. The van der Waals surface area contributed by atoms with E-state index >= 15 is 0 Å². The molecule has 0 radical (unpaired) electrons. The van der Waals surface area contributed by atoms with Crippen LogP contribution in [-0.4, -0.2) is 12.4 Å². The fourth-order valence-electron chi connectivity index (χ4n) is 1.93. The van der Waals surface area contributed by atoms with Crippen LogP contribution in [0.5, 0.6) is 5.75 Å². The van der Waals surface area contributed by atoms with E-state index in [9.17, 15) is 0 Å². The van der Waals surface area contributed by atoms with Crippen molar-refractivity contribution in [2.24, 2.45) is 0 Å². The van der Waals surface area contributed by atoms with Crippen molar-refractivity contribution in [3.8, 4) is 5.75 Å². The average molecular weight is 301 g/mol. The summed E-state index contributed by atoms with van der Waals surface area (Å²) in [4.78, 5) is 1.28. The standard InChI is InChI=1S/C18H23NOS/c1-18(2,3)14-4-10-17(11-5-14)21-13-12-20-16-8-6-15(19)7-9-16/h4-11H,12-13,19H2,1-3H3. The van der Waals surface area contributed by atoms with Crippen LogP contribution >= 0.6 is 11.8 Å². The highest BCUT2D eigenvalue weighted by Crippen LogP contribution is 2.25. The molecule has 0 aromatic heterocycles. The lowest BCUT2D eigenvalue weighted by atomic mass is 9.87. The number of hydrogen-bond acceptors (Lipinski definition) is 3. The first-order valence-corrected chi connectivity index (χ1v) is 8.15. The third-order valence-corrected chi connectivity index (χ3v) is 4.20. The summed E-state index contributed by atoms with van der Waals surface area (Å²) in [6.07, 6.45) is 0. The molecule has 2 aromatic rings. The predicted molar refractivity (Wildman–Crippen MR) is 92.2 cm³/mol. The molecule has 0 atom stereocenters. The van der Waals surface area contributed by atoms with E-state index in [1.54, 1.807) is 0 Å². The second kappa shape index (κ2) is 6.90. The van der Waals surface area contributed by atoms with Gasteiger partial charge in [-0.05, 0) is 47.4 Å². The molecule has 3 heteroatoms. The Morgan fingerprint density at radius 2 is 1.57 bits per heavy atom. The summed E-state index contributed by atoms with van der Waals surface area (Å²) in [6.45, 7) is 7.39. The van der Waals surface area contributed by atoms with Gasteiger partial charge in [0.25, 0.3) is 0 Å². The fraction of sp³-hybridized carbons (Fsp3) is 0.333. The normalized spacial score (nSPS) is 11.4. The van der Waals surface area contributed by atoms with Gasteiger partial charge in [-0.25, -0.2) is 0 Å². The van der Waals surface area contributed by atoms with Gasteiger partial charge in [0.2, 0.25) is 0 Å². The first kappa shape index (κ1) is 15.8. The van der Waals surface area contributed by atoms with Crippen molar-refractivity contribution in [3.05, 3.63) is 54.1 Å². The van der Waals surface area contributed by atoms with Crippen LogP contribution in [0, 0.1) is 0 Å². The second-order valence-corrected chi connectivity index (χ2v) is 7.21. The van der Waals surface area contributed by atoms with Gasteiger partial charge in [-0.3, -0.25) is 0 Å². The molecule has 0 bridgehead atoms. The molecule has 112 valence electrons. The number of ether oxygens (including phenoxy) is 1. The van der Waals surface area contributed by atoms with Crippen LogP contribution in [0.25, 0.3) is 0 Å². The molecule has 0 saturated heterocycles. The third-order valence-electron chi connectivity index (χ3n) is 3.22. The van der Waals surface area contributed by atoms with Crippen LogP contribution in [-0.2, 0) is 5.41 Å². The van der Waals surface area contributed by atoms with Crippen LogP contribution in [0.2, 0.25) is 0 Å². The zero-order valence-electron chi connectivity index (χ0n) is 12.9. The van der Waals surface area contributed by atoms with Gasteiger partial charge >= 0.3 is 0 Å². The number of nitrogens with two attached hydrogens (primary N) is 1. The van der Waals surface area contributed by atoms with Crippen LogP contribution < -0.4 is 10.5 Å². The SMILES string of the molecule is CC(C)(C)c1ccc(SCCOc2ccc(N)cc2)cc1. The van der Waals surface area contributed by atoms with Gasteiger partial charge in [0.05, 0.1) is 6.61 Å². The Labute approximate surface area is 131 Å². The highest BCUT2D eigenvalue weighted by atomic mass is 32.2. The maximum atomic E-state index is 5.68. The Morgan fingerprint density at radius 1 is 0.952 bits per heavy atom. The van der Waals surface area contributed by atoms with Crippen molar-refractivity contribution in [3.63, 3.8) is 0 Å². The Bertz CT molecular complexity index is 555. The second-order valence-electron chi connectivity index (χ2n) is 6.04. The molecule has 0 saturated carbocycles. The molecule has 0 heterocycles. The van der Waals surface area contributed by atoms with Gasteiger partial charge in [0, 0.05) is 16.3 Å². The maximum Gasteiger partial charge on any atom is 0.119 e. The molecule has 2 N–H and O–H groups in total. The molecule has 2 aromatic carbocycles. The minimum absolute atomic E-state index is 0.210. The molecule has 21 heavy (non-hydrogen) atoms. The van der Waals surface area contributed by atoms with Crippen molar-refractivity contribution in [1.29, 1.82) is 0 Å². The summed E-state index contributed by atoms with van der Waals surface area (Å²) >= 11 is 1.81. The molecular weight excluding hydrogens is 278 g/mol. The van der Waals surface area contributed by atoms with Gasteiger partial charge < -0.3 is 10.5 Å². The number of rotatable bonds is 5. The molecule has 0 aliphatic carbocycles. The van der Waals surface area contributed by atoms with Crippen LogP contribution in [0.15, 0.2) is 53.4 Å². The Balaban J connectivity index is 1.77. The van der Waals surface area contributed by atoms with Gasteiger partial charge in [-0.1, -0.05) is 32.9 Å². The molecule has 0 aliphatic heterocycles. The Hall–Kier alpha value is -1.61. The van der Waals surface area contributed by atoms with Crippen LogP contribution in [0.1, 0.15) is 26.3 Å². The van der Waals surface area contributed by atoms with E-state index in [0.717, 1.165) is 17.2 Å². The Morgan fingerprint density at radius 3 is 2.14 bits per heavy atom. The zero-order chi connectivity index (χ0) is 15.3. The quantitative estimate of drug-likeness (QED) is 0.492. The highest BCUT2D eigenvalue weighted by Gasteiger charge is 2.12. The molecule has 2 nitrogen and oxygen atoms in total. The molecule has 0 aliphatic rings. The van der Waals surface area contributed by atoms with E-state index in [-0.39, 0.29) is 5.41 Å². The number of nitrogen functional groups attached to an aromatic ring is 1. The summed E-state index contributed by atoms with van der Waals surface area (Å²) in [7, 11) is 0. The first-order valence-electron chi connectivity index (χ1n) is 7.17. The third kappa shape index (κ3) is 5.01. The van der Waals surface area contributed by atoms with Gasteiger partial charge in [0.15, 0.2) is 0 Å². The topological polar surface area (TPSA) is 35.2 Å². The molecular formula is C18H23NOS.